The second kappa shape index (κ2) is 4.28. The molecule has 1 heterocycles. The van der Waals surface area contributed by atoms with Crippen LogP contribution >= 0.6 is 0 Å². The molecule has 3 atom stereocenters. The van der Waals surface area contributed by atoms with Crippen molar-refractivity contribution >= 4 is 9.84 Å². The fourth-order valence-corrected chi connectivity index (χ4v) is 2.90. The van der Waals surface area contributed by atoms with Gasteiger partial charge in [0, 0.05) is 18.3 Å². The molecule has 1 N–H and O–H groups in total. The highest BCUT2D eigenvalue weighted by molar-refractivity contribution is 7.91. The Morgan fingerprint density at radius 2 is 2.14 bits per heavy atom. The van der Waals surface area contributed by atoms with E-state index in [9.17, 15) is 8.42 Å². The molecule has 0 amide bonds. The largest absolute Gasteiger partial charge is 0.309 e. The third-order valence-corrected chi connectivity index (χ3v) is 3.96. The van der Waals surface area contributed by atoms with Crippen molar-refractivity contribution in [2.24, 2.45) is 0 Å². The Bertz CT molecular complexity index is 331. The molecule has 1 saturated heterocycles. The lowest BCUT2D eigenvalue weighted by Crippen LogP contribution is -2.49. The van der Waals surface area contributed by atoms with E-state index in [2.05, 4.69) is 5.32 Å². The van der Waals surface area contributed by atoms with Gasteiger partial charge in [-0.2, -0.15) is 5.26 Å². The van der Waals surface area contributed by atoms with Crippen LogP contribution in [0, 0.1) is 11.3 Å². The van der Waals surface area contributed by atoms with Gasteiger partial charge in [0.1, 0.15) is 0 Å². The molecular weight excluding hydrogens is 200 g/mol. The minimum absolute atomic E-state index is 0.196. The topological polar surface area (TPSA) is 70.0 Å². The molecule has 80 valence electrons. The Labute approximate surface area is 85.2 Å². The van der Waals surface area contributed by atoms with Gasteiger partial charge < -0.3 is 5.32 Å². The molecule has 1 fully saturated rings. The lowest BCUT2D eigenvalue weighted by molar-refractivity contribution is 0.338. The van der Waals surface area contributed by atoms with Gasteiger partial charge in [-0.05, 0) is 19.8 Å². The summed E-state index contributed by atoms with van der Waals surface area (Å²) in [6, 6.07) is 2.00. The molecule has 3 unspecified atom stereocenters. The molecule has 0 saturated carbocycles. The van der Waals surface area contributed by atoms with Crippen LogP contribution in [0.5, 0.6) is 0 Å². The number of nitrogens with one attached hydrogen (secondary N) is 1. The molecule has 0 aromatic heterocycles. The van der Waals surface area contributed by atoms with Gasteiger partial charge in [0.15, 0.2) is 15.1 Å². The maximum Gasteiger partial charge on any atom is 0.165 e. The average Bonchev–Trinajstić information content (AvgIpc) is 2.02. The number of hydrogen-bond donors (Lipinski definition) is 1. The molecule has 5 heteroatoms. The van der Waals surface area contributed by atoms with E-state index >= 15 is 0 Å². The van der Waals surface area contributed by atoms with E-state index in [-0.39, 0.29) is 6.04 Å². The maximum absolute atomic E-state index is 11.3. The van der Waals surface area contributed by atoms with Crippen LogP contribution in [0.25, 0.3) is 0 Å². The molecule has 0 aromatic rings. The Morgan fingerprint density at radius 3 is 2.57 bits per heavy atom. The lowest BCUT2D eigenvalue weighted by atomic mass is 9.98. The van der Waals surface area contributed by atoms with Gasteiger partial charge in [-0.1, -0.05) is 6.42 Å². The summed E-state index contributed by atoms with van der Waals surface area (Å²) in [6.07, 6.45) is 3.95. The molecule has 0 aliphatic carbocycles. The summed E-state index contributed by atoms with van der Waals surface area (Å²) in [7, 11) is -3.26. The van der Waals surface area contributed by atoms with E-state index in [4.69, 9.17) is 5.26 Å². The van der Waals surface area contributed by atoms with Crippen molar-refractivity contribution < 1.29 is 8.42 Å². The second-order valence-corrected chi connectivity index (χ2v) is 6.15. The predicted molar refractivity (Wildman–Crippen MR) is 54.5 cm³/mol. The van der Waals surface area contributed by atoms with E-state index in [0.29, 0.717) is 6.04 Å². The number of sulfone groups is 1. The van der Waals surface area contributed by atoms with Crippen molar-refractivity contribution in [2.75, 3.05) is 6.26 Å². The zero-order valence-electron chi connectivity index (χ0n) is 8.53. The fraction of sp³-hybridized carbons (Fsp3) is 0.889. The number of nitrogens with zero attached hydrogens (tertiary/aromatic N) is 1. The van der Waals surface area contributed by atoms with Gasteiger partial charge in [-0.25, -0.2) is 8.42 Å². The summed E-state index contributed by atoms with van der Waals surface area (Å²) >= 11 is 0. The first-order chi connectivity index (χ1) is 6.45. The fourth-order valence-electron chi connectivity index (χ4n) is 1.90. The highest BCUT2D eigenvalue weighted by atomic mass is 32.2. The normalized spacial score (nSPS) is 30.6. The number of rotatable bonds is 2. The van der Waals surface area contributed by atoms with Crippen molar-refractivity contribution in [3.05, 3.63) is 0 Å². The van der Waals surface area contributed by atoms with Gasteiger partial charge >= 0.3 is 0 Å². The van der Waals surface area contributed by atoms with E-state index in [0.717, 1.165) is 25.5 Å². The second-order valence-electron chi connectivity index (χ2n) is 3.98. The van der Waals surface area contributed by atoms with E-state index < -0.39 is 15.1 Å². The molecular formula is C9H16N2O2S. The van der Waals surface area contributed by atoms with Crippen LogP contribution in [-0.2, 0) is 9.84 Å². The summed E-state index contributed by atoms with van der Waals surface area (Å²) in [4.78, 5) is 0. The summed E-state index contributed by atoms with van der Waals surface area (Å²) in [6.45, 7) is 2.02. The molecule has 0 aromatic carbocycles. The van der Waals surface area contributed by atoms with Crippen LogP contribution in [0.15, 0.2) is 0 Å². The van der Waals surface area contributed by atoms with Crippen LogP contribution in [-0.4, -0.2) is 32.0 Å². The summed E-state index contributed by atoms with van der Waals surface area (Å²) < 4.78 is 22.6. The van der Waals surface area contributed by atoms with E-state index in [1.165, 1.54) is 0 Å². The molecule has 0 radical (unpaired) electrons. The molecule has 1 rings (SSSR count). The smallest absolute Gasteiger partial charge is 0.165 e. The van der Waals surface area contributed by atoms with E-state index in [1.807, 2.05) is 13.0 Å². The molecule has 1 aliphatic rings. The van der Waals surface area contributed by atoms with Crippen molar-refractivity contribution in [1.29, 1.82) is 5.26 Å². The minimum atomic E-state index is -3.26. The van der Waals surface area contributed by atoms with Gasteiger partial charge in [0.05, 0.1) is 6.07 Å². The van der Waals surface area contributed by atoms with Gasteiger partial charge in [0.2, 0.25) is 0 Å². The van der Waals surface area contributed by atoms with Gasteiger partial charge in [-0.3, -0.25) is 0 Å². The van der Waals surface area contributed by atoms with Crippen molar-refractivity contribution in [3.8, 4) is 6.07 Å². The standard InChI is InChI=1S/C9H16N2O2S/c1-7-4-3-5-8(11-7)9(6-10)14(2,12)13/h7-9,11H,3-5H2,1-2H3. The van der Waals surface area contributed by atoms with Crippen molar-refractivity contribution in [3.63, 3.8) is 0 Å². The maximum atomic E-state index is 11.3. The zero-order valence-corrected chi connectivity index (χ0v) is 9.34. The summed E-state index contributed by atoms with van der Waals surface area (Å²) in [5.41, 5.74) is 0. The summed E-state index contributed by atoms with van der Waals surface area (Å²) in [5, 5.41) is 11.1. The van der Waals surface area contributed by atoms with Crippen LogP contribution < -0.4 is 5.32 Å². The average molecular weight is 216 g/mol. The zero-order chi connectivity index (χ0) is 10.8. The number of piperidine rings is 1. The molecule has 14 heavy (non-hydrogen) atoms. The Morgan fingerprint density at radius 1 is 1.50 bits per heavy atom. The van der Waals surface area contributed by atoms with Crippen LogP contribution in [0.1, 0.15) is 26.2 Å². The summed E-state index contributed by atoms with van der Waals surface area (Å²) in [5.74, 6) is 0. The Hall–Kier alpha value is -0.600. The highest BCUT2D eigenvalue weighted by Crippen LogP contribution is 2.18. The monoisotopic (exact) mass is 216 g/mol. The van der Waals surface area contributed by atoms with Crippen molar-refractivity contribution in [1.82, 2.24) is 5.32 Å². The first kappa shape index (κ1) is 11.5. The number of nitriles is 1. The van der Waals surface area contributed by atoms with Crippen LogP contribution in [0.4, 0.5) is 0 Å². The Kier molecular flexibility index (Phi) is 3.51. The van der Waals surface area contributed by atoms with Gasteiger partial charge in [0.25, 0.3) is 0 Å². The predicted octanol–water partition coefficient (Wildman–Crippen LogP) is 0.454. The van der Waals surface area contributed by atoms with Crippen LogP contribution in [0.2, 0.25) is 0 Å². The highest BCUT2D eigenvalue weighted by Gasteiger charge is 2.32. The Balaban J connectivity index is 2.76. The van der Waals surface area contributed by atoms with Gasteiger partial charge in [-0.15, -0.1) is 0 Å². The van der Waals surface area contributed by atoms with Crippen LogP contribution in [0.3, 0.4) is 0 Å². The third-order valence-electron chi connectivity index (χ3n) is 2.60. The first-order valence-corrected chi connectivity index (χ1v) is 6.75. The SMILES string of the molecule is CC1CCCC(C(C#N)S(C)(=O)=O)N1. The molecule has 0 spiro atoms. The molecule has 4 nitrogen and oxygen atoms in total. The van der Waals surface area contributed by atoms with Crippen molar-refractivity contribution in [2.45, 2.75) is 43.5 Å². The lowest BCUT2D eigenvalue weighted by Gasteiger charge is -2.30. The third kappa shape index (κ3) is 2.69. The molecule has 1 aliphatic heterocycles. The number of hydrogen-bond acceptors (Lipinski definition) is 4. The van der Waals surface area contributed by atoms with E-state index in [1.54, 1.807) is 0 Å². The quantitative estimate of drug-likeness (QED) is 0.727. The first-order valence-electron chi connectivity index (χ1n) is 4.79. The molecule has 0 bridgehead atoms. The minimum Gasteiger partial charge on any atom is -0.309 e.